The van der Waals surface area contributed by atoms with Crippen LogP contribution in [0.1, 0.15) is 200 Å². The van der Waals surface area contributed by atoms with Gasteiger partial charge in [0.05, 0.1) is 25.4 Å². The first-order chi connectivity index (χ1) is 30.3. The number of phosphoric acid groups is 1. The molecule has 15 heteroatoms. The first-order valence-corrected chi connectivity index (χ1v) is 26.0. The Bertz CT molecular complexity index is 1330. The topological polar surface area (TPSA) is 229 Å². The number of phosphoric ester groups is 1. The zero-order chi connectivity index (χ0) is 46.6. The van der Waals surface area contributed by atoms with Gasteiger partial charge in [0.1, 0.15) is 18.4 Å². The Labute approximate surface area is 379 Å². The molecule has 366 valence electrons. The minimum atomic E-state index is -4.79. The fraction of sp³-hybridized carbons (Fsp3) is 0.833. The summed E-state index contributed by atoms with van der Waals surface area (Å²) in [6.45, 7) is 2.46. The van der Waals surface area contributed by atoms with Gasteiger partial charge in [0.25, 0.3) is 0 Å². The van der Waals surface area contributed by atoms with Crippen molar-refractivity contribution in [2.75, 3.05) is 19.8 Å². The molecule has 0 radical (unpaired) electrons. The Morgan fingerprint density at radius 2 is 1.24 bits per heavy atom. The highest BCUT2D eigenvalue weighted by molar-refractivity contribution is 7.47. The number of carbonyl (C=O) groups excluding carboxylic acids is 3. The predicted molar refractivity (Wildman–Crippen MR) is 246 cm³/mol. The van der Waals surface area contributed by atoms with Gasteiger partial charge in [-0.25, -0.2) is 4.57 Å². The Morgan fingerprint density at radius 1 is 0.730 bits per heavy atom. The summed E-state index contributed by atoms with van der Waals surface area (Å²) in [5.74, 6) is -3.42. The number of rotatable bonds is 42. The molecule has 0 amide bonds. The highest BCUT2D eigenvalue weighted by Crippen LogP contribution is 2.43. The number of carbonyl (C=O) groups is 4. The minimum absolute atomic E-state index is 0.0305. The quantitative estimate of drug-likeness (QED) is 0.0166. The van der Waals surface area contributed by atoms with Crippen molar-refractivity contribution in [3.8, 4) is 0 Å². The molecule has 1 aliphatic carbocycles. The molecule has 14 nitrogen and oxygen atoms in total. The number of aliphatic carboxylic acids is 1. The van der Waals surface area contributed by atoms with Crippen LogP contribution in [0.15, 0.2) is 24.3 Å². The first-order valence-electron chi connectivity index (χ1n) is 24.5. The Kier molecular flexibility index (Phi) is 35.1. The summed E-state index contributed by atoms with van der Waals surface area (Å²) in [5, 5.41) is 29.6. The molecule has 0 bridgehead atoms. The number of hydrogen-bond acceptors (Lipinski definition) is 12. The molecule has 0 aromatic rings. The molecule has 6 N–H and O–H groups in total. The van der Waals surface area contributed by atoms with E-state index in [9.17, 15) is 38.8 Å². The second kappa shape index (κ2) is 37.7. The van der Waals surface area contributed by atoms with E-state index in [1.165, 1.54) is 96.3 Å². The van der Waals surface area contributed by atoms with Crippen LogP contribution < -0.4 is 5.73 Å². The van der Waals surface area contributed by atoms with Gasteiger partial charge < -0.3 is 35.4 Å². The third kappa shape index (κ3) is 32.0. The van der Waals surface area contributed by atoms with Crippen LogP contribution in [0.4, 0.5) is 0 Å². The number of aliphatic hydroxyl groups excluding tert-OH is 2. The number of carboxylic acid groups (broad SMARTS) is 1. The summed E-state index contributed by atoms with van der Waals surface area (Å²) >= 11 is 0. The van der Waals surface area contributed by atoms with E-state index in [-0.39, 0.29) is 31.0 Å². The third-order valence-electron chi connectivity index (χ3n) is 11.6. The van der Waals surface area contributed by atoms with Crippen molar-refractivity contribution in [2.24, 2.45) is 17.6 Å². The first kappa shape index (κ1) is 58.6. The lowest BCUT2D eigenvalue weighted by molar-refractivity contribution is -0.161. The number of hydrogen-bond donors (Lipinski definition) is 5. The average molecular weight is 916 g/mol. The van der Waals surface area contributed by atoms with Gasteiger partial charge >= 0.3 is 25.7 Å². The molecule has 1 saturated carbocycles. The number of unbranched alkanes of at least 4 members (excludes halogenated alkanes) is 21. The van der Waals surface area contributed by atoms with Crippen molar-refractivity contribution in [1.82, 2.24) is 0 Å². The molecule has 0 heterocycles. The molecule has 0 aromatic heterocycles. The summed E-state index contributed by atoms with van der Waals surface area (Å²) in [4.78, 5) is 58.9. The highest BCUT2D eigenvalue weighted by atomic mass is 31.2. The number of ketones is 1. The lowest BCUT2D eigenvalue weighted by Gasteiger charge is -2.20. The lowest BCUT2D eigenvalue weighted by Crippen LogP contribution is -2.34. The molecular weight excluding hydrogens is 829 g/mol. The Balaban J connectivity index is 2.42. The van der Waals surface area contributed by atoms with Crippen LogP contribution in [0.25, 0.3) is 0 Å². The summed E-state index contributed by atoms with van der Waals surface area (Å²) < 4.78 is 32.7. The number of ether oxygens (including phenoxy) is 2. The molecule has 63 heavy (non-hydrogen) atoms. The zero-order valence-electron chi connectivity index (χ0n) is 38.9. The maximum atomic E-state index is 12.8. The molecule has 0 saturated heterocycles. The van der Waals surface area contributed by atoms with Gasteiger partial charge in [0.2, 0.25) is 0 Å². The van der Waals surface area contributed by atoms with Gasteiger partial charge in [0.15, 0.2) is 6.10 Å². The molecule has 0 aromatic carbocycles. The average Bonchev–Trinajstić information content (AvgIpc) is 3.52. The summed E-state index contributed by atoms with van der Waals surface area (Å²) in [6.07, 6.45) is 33.2. The van der Waals surface area contributed by atoms with Crippen LogP contribution >= 0.6 is 7.82 Å². The summed E-state index contributed by atoms with van der Waals surface area (Å²) in [7, 11) is -4.79. The molecule has 1 fully saturated rings. The van der Waals surface area contributed by atoms with E-state index in [1.54, 1.807) is 12.2 Å². The lowest BCUT2D eigenvalue weighted by atomic mass is 9.90. The second-order valence-electron chi connectivity index (χ2n) is 17.4. The Hall–Kier alpha value is -2.45. The van der Waals surface area contributed by atoms with E-state index in [4.69, 9.17) is 24.8 Å². The number of carboxylic acids is 1. The van der Waals surface area contributed by atoms with Crippen LogP contribution in [0.5, 0.6) is 0 Å². The largest absolute Gasteiger partial charge is 0.480 e. The maximum Gasteiger partial charge on any atom is 0.472 e. The van der Waals surface area contributed by atoms with Crippen LogP contribution in [-0.2, 0) is 42.3 Å². The van der Waals surface area contributed by atoms with Crippen molar-refractivity contribution in [3.05, 3.63) is 24.3 Å². The van der Waals surface area contributed by atoms with Crippen molar-refractivity contribution < 1.29 is 62.5 Å². The monoisotopic (exact) mass is 916 g/mol. The SMILES string of the molecule is CCCCCCCCCCCCCCCCCCCCCC(=O)OC[C@H](COP(=O)(O)OC[C@H](N)C(=O)O)OC(=O)CCC/C=C\C[C@H]1C(=O)C[C@@H](O)[C@@H]1/C=C/[C@@H](O)CCCCC. The Morgan fingerprint density at radius 3 is 1.79 bits per heavy atom. The van der Waals surface area contributed by atoms with Crippen LogP contribution in [0.2, 0.25) is 0 Å². The fourth-order valence-electron chi connectivity index (χ4n) is 7.64. The standard InChI is InChI=1S/C48H86NO13P/c1-3-5-7-8-9-10-11-12-13-14-15-16-17-18-19-20-21-22-27-31-46(53)59-36-40(37-60-63(57,58)61-38-43(49)48(55)56)62-47(54)32-28-24-23-26-30-41-42(45(52)35-44(41)51)34-33-39(50)29-25-6-4-2/h23,26,33-34,39-43,45,50,52H,3-22,24-25,27-32,35-38,49H2,1-2H3,(H,55,56)(H,57,58)/b26-23-,34-33+/t39-,40+,41+,42+,43-,45+/m0/s1. The normalized spacial score (nSPS) is 19.1. The number of aliphatic hydroxyl groups is 2. The maximum absolute atomic E-state index is 12.8. The molecule has 1 aliphatic rings. The molecule has 0 spiro atoms. The van der Waals surface area contributed by atoms with Gasteiger partial charge in [-0.15, -0.1) is 0 Å². The van der Waals surface area contributed by atoms with Crippen LogP contribution in [-0.4, -0.2) is 88.1 Å². The van der Waals surface area contributed by atoms with Crippen molar-refractivity contribution in [1.29, 1.82) is 0 Å². The van der Waals surface area contributed by atoms with E-state index in [1.807, 2.05) is 12.2 Å². The van der Waals surface area contributed by atoms with Crippen molar-refractivity contribution in [2.45, 2.75) is 224 Å². The number of Topliss-reactive ketones (excluding diaryl/α,β-unsaturated/α-hetero) is 1. The van der Waals surface area contributed by atoms with Crippen molar-refractivity contribution in [3.63, 3.8) is 0 Å². The van der Waals surface area contributed by atoms with Crippen molar-refractivity contribution >= 4 is 31.5 Å². The van der Waals surface area contributed by atoms with E-state index in [0.717, 1.165) is 38.5 Å². The van der Waals surface area contributed by atoms with E-state index in [0.29, 0.717) is 32.1 Å². The van der Waals surface area contributed by atoms with Gasteiger partial charge in [0, 0.05) is 31.1 Å². The highest BCUT2D eigenvalue weighted by Gasteiger charge is 2.39. The van der Waals surface area contributed by atoms with E-state index in [2.05, 4.69) is 18.4 Å². The summed E-state index contributed by atoms with van der Waals surface area (Å²) in [5.41, 5.74) is 5.34. The number of esters is 2. The molecule has 1 unspecified atom stereocenters. The van der Waals surface area contributed by atoms with Gasteiger partial charge in [-0.1, -0.05) is 173 Å². The number of nitrogens with two attached hydrogens (primary N) is 1. The molecule has 1 rings (SSSR count). The zero-order valence-corrected chi connectivity index (χ0v) is 39.8. The van der Waals surface area contributed by atoms with E-state index < -0.39 is 75.8 Å². The minimum Gasteiger partial charge on any atom is -0.480 e. The molecule has 0 aliphatic heterocycles. The predicted octanol–water partition coefficient (Wildman–Crippen LogP) is 9.99. The molecule has 7 atom stereocenters. The second-order valence-corrected chi connectivity index (χ2v) is 18.8. The fourth-order valence-corrected chi connectivity index (χ4v) is 8.41. The van der Waals surface area contributed by atoms with Gasteiger partial charge in [-0.05, 0) is 32.1 Å². The van der Waals surface area contributed by atoms with E-state index >= 15 is 0 Å². The van der Waals surface area contributed by atoms with Gasteiger partial charge in [-0.2, -0.15) is 0 Å². The van der Waals surface area contributed by atoms with Gasteiger partial charge in [-0.3, -0.25) is 28.2 Å². The van der Waals surface area contributed by atoms with Crippen LogP contribution in [0.3, 0.4) is 0 Å². The summed E-state index contributed by atoms with van der Waals surface area (Å²) in [6, 6.07) is -1.57. The number of allylic oxidation sites excluding steroid dienone is 2. The third-order valence-corrected chi connectivity index (χ3v) is 12.5. The smallest absolute Gasteiger partial charge is 0.472 e. The molecular formula is C48H86NO13P. The van der Waals surface area contributed by atoms with Crippen LogP contribution in [0, 0.1) is 11.8 Å².